The fraction of sp³-hybridized carbons (Fsp3) is 0.300. The van der Waals surface area contributed by atoms with E-state index in [1.54, 1.807) is 25.3 Å². The van der Waals surface area contributed by atoms with Crippen LogP contribution in [0.4, 0.5) is 5.69 Å². The van der Waals surface area contributed by atoms with Gasteiger partial charge in [-0.15, -0.1) is 0 Å². The van der Waals surface area contributed by atoms with Crippen LogP contribution in [0.1, 0.15) is 18.9 Å². The predicted octanol–water partition coefficient (Wildman–Crippen LogP) is 3.77. The summed E-state index contributed by atoms with van der Waals surface area (Å²) in [5, 5.41) is 3.44. The normalized spacial score (nSPS) is 10.3. The summed E-state index contributed by atoms with van der Waals surface area (Å²) in [7, 11) is 1.54. The topological polar surface area (TPSA) is 58.6 Å². The van der Waals surface area contributed by atoms with Crippen LogP contribution in [0.3, 0.4) is 0 Å². The summed E-state index contributed by atoms with van der Waals surface area (Å²) >= 11 is 6.12. The van der Waals surface area contributed by atoms with Crippen LogP contribution in [-0.2, 0) is 16.0 Å². The third kappa shape index (κ3) is 5.49. The Morgan fingerprint density at radius 2 is 1.81 bits per heavy atom. The molecule has 2 amide bonds. The van der Waals surface area contributed by atoms with Crippen molar-refractivity contribution in [1.29, 1.82) is 0 Å². The monoisotopic (exact) mass is 374 g/mol. The van der Waals surface area contributed by atoms with Gasteiger partial charge in [-0.1, -0.05) is 41.9 Å². The minimum Gasteiger partial charge on any atom is -0.495 e. The Morgan fingerprint density at radius 1 is 1.12 bits per heavy atom. The molecule has 0 radical (unpaired) electrons. The standard InChI is InChI=1S/C20H23ClN2O3/c1-3-23(20(25)13-12-15-8-4-5-9-16(15)21)14-19(24)22-17-10-6-7-11-18(17)26-2/h4-11H,3,12-14H2,1-2H3,(H,22,24). The maximum Gasteiger partial charge on any atom is 0.244 e. The Hall–Kier alpha value is -2.53. The number of carbonyl (C=O) groups is 2. The molecule has 0 aliphatic rings. The van der Waals surface area contributed by atoms with Crippen LogP contribution in [0.15, 0.2) is 48.5 Å². The van der Waals surface area contributed by atoms with Crippen molar-refractivity contribution in [3.63, 3.8) is 0 Å². The summed E-state index contributed by atoms with van der Waals surface area (Å²) in [6.07, 6.45) is 0.850. The van der Waals surface area contributed by atoms with Gasteiger partial charge in [0, 0.05) is 18.0 Å². The van der Waals surface area contributed by atoms with E-state index in [0.717, 1.165) is 5.56 Å². The maximum atomic E-state index is 12.4. The first-order chi connectivity index (χ1) is 12.5. The Bertz CT molecular complexity index is 764. The number of amides is 2. The highest BCUT2D eigenvalue weighted by Crippen LogP contribution is 2.23. The lowest BCUT2D eigenvalue weighted by Gasteiger charge is -2.21. The van der Waals surface area contributed by atoms with E-state index in [4.69, 9.17) is 16.3 Å². The number of ether oxygens (including phenoxy) is 1. The van der Waals surface area contributed by atoms with Gasteiger partial charge >= 0.3 is 0 Å². The van der Waals surface area contributed by atoms with E-state index in [2.05, 4.69) is 5.32 Å². The number of carbonyl (C=O) groups excluding carboxylic acids is 2. The maximum absolute atomic E-state index is 12.4. The number of likely N-dealkylation sites (N-methyl/N-ethyl adjacent to an activating group) is 1. The highest BCUT2D eigenvalue weighted by atomic mass is 35.5. The van der Waals surface area contributed by atoms with Crippen molar-refractivity contribution < 1.29 is 14.3 Å². The minimum absolute atomic E-state index is 0.00406. The second kappa shape index (κ2) is 9.82. The molecule has 0 aliphatic carbocycles. The SMILES string of the molecule is CCN(CC(=O)Nc1ccccc1OC)C(=O)CCc1ccccc1Cl. The zero-order valence-corrected chi connectivity index (χ0v) is 15.8. The second-order valence-electron chi connectivity index (χ2n) is 5.75. The molecule has 0 aromatic heterocycles. The van der Waals surface area contributed by atoms with E-state index in [-0.39, 0.29) is 18.4 Å². The van der Waals surface area contributed by atoms with Gasteiger partial charge in [0.1, 0.15) is 5.75 Å². The third-order valence-corrected chi connectivity index (χ3v) is 4.38. The van der Waals surface area contributed by atoms with Crippen LogP contribution in [0.2, 0.25) is 5.02 Å². The number of methoxy groups -OCH3 is 1. The van der Waals surface area contributed by atoms with Crippen molar-refractivity contribution in [3.05, 3.63) is 59.1 Å². The number of benzene rings is 2. The molecule has 0 bridgehead atoms. The Kier molecular flexibility index (Phi) is 7.48. The molecule has 2 rings (SSSR count). The lowest BCUT2D eigenvalue weighted by molar-refractivity contribution is -0.134. The summed E-state index contributed by atoms with van der Waals surface area (Å²) in [5.74, 6) is 0.235. The molecule has 26 heavy (non-hydrogen) atoms. The van der Waals surface area contributed by atoms with Crippen molar-refractivity contribution >= 4 is 29.1 Å². The Balaban J connectivity index is 1.92. The van der Waals surface area contributed by atoms with Gasteiger partial charge in [-0.2, -0.15) is 0 Å². The molecule has 5 nitrogen and oxygen atoms in total. The number of nitrogens with one attached hydrogen (secondary N) is 1. The number of anilines is 1. The summed E-state index contributed by atoms with van der Waals surface area (Å²) in [4.78, 5) is 26.3. The molecule has 0 atom stereocenters. The fourth-order valence-electron chi connectivity index (χ4n) is 2.59. The molecule has 138 valence electrons. The molecular weight excluding hydrogens is 352 g/mol. The van der Waals surface area contributed by atoms with Crippen LogP contribution in [0.25, 0.3) is 0 Å². The molecule has 2 aromatic carbocycles. The summed E-state index contributed by atoms with van der Waals surface area (Å²) in [5.41, 5.74) is 1.51. The smallest absolute Gasteiger partial charge is 0.244 e. The molecule has 2 aromatic rings. The summed E-state index contributed by atoms with van der Waals surface area (Å²) in [6.45, 7) is 2.31. The lowest BCUT2D eigenvalue weighted by Crippen LogP contribution is -2.38. The van der Waals surface area contributed by atoms with Gasteiger partial charge in [0.25, 0.3) is 0 Å². The van der Waals surface area contributed by atoms with Crippen LogP contribution < -0.4 is 10.1 Å². The van der Waals surface area contributed by atoms with Gasteiger partial charge in [-0.05, 0) is 37.1 Å². The van der Waals surface area contributed by atoms with Gasteiger partial charge in [0.15, 0.2) is 0 Å². The number of para-hydroxylation sites is 2. The van der Waals surface area contributed by atoms with E-state index >= 15 is 0 Å². The number of hydrogen-bond acceptors (Lipinski definition) is 3. The van der Waals surface area contributed by atoms with Crippen molar-refractivity contribution in [1.82, 2.24) is 4.90 Å². The molecular formula is C20H23ClN2O3. The lowest BCUT2D eigenvalue weighted by atomic mass is 10.1. The number of halogens is 1. The zero-order chi connectivity index (χ0) is 18.9. The molecule has 0 saturated carbocycles. The number of nitrogens with zero attached hydrogens (tertiary/aromatic N) is 1. The van der Waals surface area contributed by atoms with Crippen molar-refractivity contribution in [2.45, 2.75) is 19.8 Å². The van der Waals surface area contributed by atoms with Gasteiger partial charge in [-0.3, -0.25) is 9.59 Å². The zero-order valence-electron chi connectivity index (χ0n) is 15.0. The first kappa shape index (κ1) is 19.8. The second-order valence-corrected chi connectivity index (χ2v) is 6.15. The van der Waals surface area contributed by atoms with E-state index in [1.165, 1.54) is 4.90 Å². The van der Waals surface area contributed by atoms with Crippen LogP contribution >= 0.6 is 11.6 Å². The van der Waals surface area contributed by atoms with E-state index in [0.29, 0.717) is 35.8 Å². The first-order valence-electron chi connectivity index (χ1n) is 8.49. The van der Waals surface area contributed by atoms with Crippen LogP contribution in [0, 0.1) is 0 Å². The first-order valence-corrected chi connectivity index (χ1v) is 8.87. The molecule has 1 N–H and O–H groups in total. The molecule has 0 saturated heterocycles. The summed E-state index contributed by atoms with van der Waals surface area (Å²) in [6, 6.07) is 14.6. The number of aryl methyl sites for hydroxylation is 1. The highest BCUT2D eigenvalue weighted by Gasteiger charge is 2.17. The summed E-state index contributed by atoms with van der Waals surface area (Å²) < 4.78 is 5.22. The molecule has 0 aliphatic heterocycles. The largest absolute Gasteiger partial charge is 0.495 e. The third-order valence-electron chi connectivity index (χ3n) is 4.02. The van der Waals surface area contributed by atoms with Gasteiger partial charge in [0.2, 0.25) is 11.8 Å². The fourth-order valence-corrected chi connectivity index (χ4v) is 2.82. The van der Waals surface area contributed by atoms with Crippen molar-refractivity contribution in [3.8, 4) is 5.75 Å². The average molecular weight is 375 g/mol. The highest BCUT2D eigenvalue weighted by molar-refractivity contribution is 6.31. The van der Waals surface area contributed by atoms with E-state index in [1.807, 2.05) is 37.3 Å². The van der Waals surface area contributed by atoms with Crippen LogP contribution in [0.5, 0.6) is 5.75 Å². The number of rotatable bonds is 8. The molecule has 0 fully saturated rings. The van der Waals surface area contributed by atoms with E-state index < -0.39 is 0 Å². The van der Waals surface area contributed by atoms with Crippen molar-refractivity contribution in [2.24, 2.45) is 0 Å². The van der Waals surface area contributed by atoms with Crippen LogP contribution in [-0.4, -0.2) is 36.9 Å². The molecule has 0 unspecified atom stereocenters. The Labute approximate surface area is 158 Å². The number of hydrogen-bond donors (Lipinski definition) is 1. The predicted molar refractivity (Wildman–Crippen MR) is 104 cm³/mol. The molecule has 6 heteroatoms. The molecule has 0 heterocycles. The van der Waals surface area contributed by atoms with Crippen molar-refractivity contribution in [2.75, 3.05) is 25.5 Å². The van der Waals surface area contributed by atoms with E-state index in [9.17, 15) is 9.59 Å². The average Bonchev–Trinajstić information content (AvgIpc) is 2.65. The quantitative estimate of drug-likeness (QED) is 0.765. The minimum atomic E-state index is -0.262. The van der Waals surface area contributed by atoms with Gasteiger partial charge in [-0.25, -0.2) is 0 Å². The van der Waals surface area contributed by atoms with Gasteiger partial charge in [0.05, 0.1) is 19.3 Å². The Morgan fingerprint density at radius 3 is 2.50 bits per heavy atom. The molecule has 0 spiro atoms. The van der Waals surface area contributed by atoms with Gasteiger partial charge < -0.3 is 15.0 Å².